The highest BCUT2D eigenvalue weighted by molar-refractivity contribution is 6.08. The minimum atomic E-state index is -0.801. The van der Waals surface area contributed by atoms with Gasteiger partial charge in [0.2, 0.25) is 0 Å². The van der Waals surface area contributed by atoms with Gasteiger partial charge in [0.15, 0.2) is 0 Å². The summed E-state index contributed by atoms with van der Waals surface area (Å²) in [7, 11) is 1.47. The summed E-state index contributed by atoms with van der Waals surface area (Å²) < 4.78 is 1.21. The van der Waals surface area contributed by atoms with Gasteiger partial charge in [0.05, 0.1) is 21.3 Å². The number of benzene rings is 2. The number of non-ortho nitro benzene ring substituents is 1. The zero-order valence-corrected chi connectivity index (χ0v) is 10.4. The number of aromatic nitrogens is 2. The van der Waals surface area contributed by atoms with E-state index < -0.39 is 16.0 Å². The number of aromatic amines is 1. The second-order valence-corrected chi connectivity index (χ2v) is 4.41. The van der Waals surface area contributed by atoms with Gasteiger partial charge < -0.3 is 9.55 Å². The maximum absolute atomic E-state index is 11.7. The Kier molecular flexibility index (Phi) is 2.43. The Hall–Kier alpha value is -2.96. The smallest absolute Gasteiger partial charge is 0.316 e. The highest BCUT2D eigenvalue weighted by Crippen LogP contribution is 2.30. The maximum atomic E-state index is 11.7. The Balaban J connectivity index is 2.71. The van der Waals surface area contributed by atoms with Crippen LogP contribution in [-0.4, -0.2) is 14.5 Å². The minimum absolute atomic E-state index is 0.109. The third-order valence-electron chi connectivity index (χ3n) is 3.27. The lowest BCUT2D eigenvalue weighted by Gasteiger charge is -2.08. The Morgan fingerprint density at radius 3 is 2.50 bits per heavy atom. The molecule has 3 rings (SSSR count). The number of hydrogen-bond acceptors (Lipinski definition) is 4. The molecule has 0 saturated carbocycles. The molecule has 1 N–H and O–H groups in total. The van der Waals surface area contributed by atoms with Crippen LogP contribution < -0.4 is 11.1 Å². The molecular weight excluding hydrogens is 262 g/mol. The fourth-order valence-electron chi connectivity index (χ4n) is 2.38. The van der Waals surface area contributed by atoms with Crippen molar-refractivity contribution in [3.8, 4) is 0 Å². The highest BCUT2D eigenvalue weighted by atomic mass is 16.6. The van der Waals surface area contributed by atoms with Gasteiger partial charge in [-0.25, -0.2) is 0 Å². The fraction of sp³-hybridized carbons (Fsp3) is 0.0769. The Bertz CT molecular complexity index is 984. The topological polar surface area (TPSA) is 98.0 Å². The van der Waals surface area contributed by atoms with Crippen LogP contribution in [0.25, 0.3) is 21.8 Å². The summed E-state index contributed by atoms with van der Waals surface area (Å²) in [6.45, 7) is 0. The molecule has 0 radical (unpaired) electrons. The van der Waals surface area contributed by atoms with E-state index in [1.54, 1.807) is 24.3 Å². The van der Waals surface area contributed by atoms with Crippen molar-refractivity contribution in [3.63, 3.8) is 0 Å². The molecule has 7 heteroatoms. The van der Waals surface area contributed by atoms with E-state index in [-0.39, 0.29) is 11.2 Å². The van der Waals surface area contributed by atoms with Gasteiger partial charge in [0.25, 0.3) is 5.69 Å². The van der Waals surface area contributed by atoms with Gasteiger partial charge in [-0.05, 0) is 6.07 Å². The molecule has 0 aliphatic heterocycles. The molecule has 7 nitrogen and oxygen atoms in total. The highest BCUT2D eigenvalue weighted by Gasteiger charge is 2.17. The predicted octanol–water partition coefficient (Wildman–Crippen LogP) is 1.29. The summed E-state index contributed by atoms with van der Waals surface area (Å²) >= 11 is 0. The van der Waals surface area contributed by atoms with Crippen LogP contribution in [0.1, 0.15) is 0 Å². The van der Waals surface area contributed by atoms with E-state index in [9.17, 15) is 19.7 Å². The molecule has 0 saturated heterocycles. The van der Waals surface area contributed by atoms with E-state index in [0.717, 1.165) is 0 Å². The summed E-state index contributed by atoms with van der Waals surface area (Å²) in [6.07, 6.45) is 0. The van der Waals surface area contributed by atoms with Gasteiger partial charge in [-0.15, -0.1) is 0 Å². The molecule has 100 valence electrons. The summed E-state index contributed by atoms with van der Waals surface area (Å²) in [5.41, 5.74) is -0.873. The van der Waals surface area contributed by atoms with Crippen molar-refractivity contribution >= 4 is 27.5 Å². The van der Waals surface area contributed by atoms with Gasteiger partial charge in [0, 0.05) is 18.5 Å². The fourth-order valence-corrected chi connectivity index (χ4v) is 2.38. The van der Waals surface area contributed by atoms with E-state index in [1.807, 2.05) is 0 Å². The van der Waals surface area contributed by atoms with Gasteiger partial charge in [-0.2, -0.15) is 0 Å². The van der Waals surface area contributed by atoms with E-state index in [1.165, 1.54) is 17.7 Å². The number of H-pyrrole nitrogens is 1. The number of nitrogens with one attached hydrogen (secondary N) is 1. The first kappa shape index (κ1) is 12.1. The van der Waals surface area contributed by atoms with E-state index >= 15 is 0 Å². The maximum Gasteiger partial charge on any atom is 0.316 e. The van der Waals surface area contributed by atoms with Crippen LogP contribution in [0.5, 0.6) is 0 Å². The number of nitro groups is 1. The molecule has 0 aliphatic rings. The van der Waals surface area contributed by atoms with Crippen molar-refractivity contribution in [1.82, 2.24) is 9.55 Å². The molecule has 0 unspecified atom stereocenters. The number of nitrogens with zero attached hydrogens (tertiary/aromatic N) is 2. The van der Waals surface area contributed by atoms with E-state index in [2.05, 4.69) is 4.98 Å². The van der Waals surface area contributed by atoms with Crippen LogP contribution in [-0.2, 0) is 7.05 Å². The molecule has 0 aliphatic carbocycles. The molecule has 1 heterocycles. The first-order chi connectivity index (χ1) is 9.50. The normalized spacial score (nSPS) is 11.1. The van der Waals surface area contributed by atoms with Crippen molar-refractivity contribution < 1.29 is 4.92 Å². The summed E-state index contributed by atoms with van der Waals surface area (Å²) in [5, 5.41) is 12.1. The lowest BCUT2D eigenvalue weighted by atomic mass is 10.1. The van der Waals surface area contributed by atoms with Crippen molar-refractivity contribution in [2.45, 2.75) is 0 Å². The molecule has 0 spiro atoms. The zero-order valence-electron chi connectivity index (χ0n) is 10.4. The first-order valence-electron chi connectivity index (χ1n) is 5.80. The van der Waals surface area contributed by atoms with Crippen molar-refractivity contribution in [2.75, 3.05) is 0 Å². The van der Waals surface area contributed by atoms with Gasteiger partial charge in [0.1, 0.15) is 0 Å². The van der Waals surface area contributed by atoms with Crippen LogP contribution >= 0.6 is 0 Å². The van der Waals surface area contributed by atoms with Crippen LogP contribution in [0.15, 0.2) is 39.9 Å². The number of hydrogen-bond donors (Lipinski definition) is 1. The Morgan fingerprint density at radius 2 is 1.85 bits per heavy atom. The minimum Gasteiger partial charge on any atom is -0.316 e. The molecule has 0 fully saturated rings. The monoisotopic (exact) mass is 271 g/mol. The zero-order chi connectivity index (χ0) is 14.4. The standard InChI is InChI=1S/C13H9N3O4/c1-15-11-8-5-3-2-4-7(8)10(16(19)20)6-9(11)14-12(17)13(15)18/h2-6H,1H3,(H,14,17). The largest absolute Gasteiger partial charge is 0.316 e. The molecule has 0 atom stereocenters. The predicted molar refractivity (Wildman–Crippen MR) is 74.0 cm³/mol. The van der Waals surface area contributed by atoms with Crippen LogP contribution in [0.2, 0.25) is 0 Å². The van der Waals surface area contributed by atoms with Crippen LogP contribution in [0, 0.1) is 10.1 Å². The number of nitro benzene ring substituents is 1. The second kappa shape index (κ2) is 4.02. The molecular formula is C13H9N3O4. The molecule has 0 bridgehead atoms. The molecule has 20 heavy (non-hydrogen) atoms. The third-order valence-corrected chi connectivity index (χ3v) is 3.27. The summed E-state index contributed by atoms with van der Waals surface area (Å²) in [4.78, 5) is 36.3. The van der Waals surface area contributed by atoms with Gasteiger partial charge >= 0.3 is 11.1 Å². The molecule has 0 amide bonds. The lowest BCUT2D eigenvalue weighted by Crippen LogP contribution is -2.34. The van der Waals surface area contributed by atoms with Gasteiger partial charge in [-0.3, -0.25) is 19.7 Å². The molecule has 1 aromatic heterocycles. The second-order valence-electron chi connectivity index (χ2n) is 4.41. The number of fused-ring (bicyclic) bond motifs is 3. The average Bonchev–Trinajstić information content (AvgIpc) is 2.43. The quantitative estimate of drug-likeness (QED) is 0.312. The Morgan fingerprint density at radius 1 is 1.20 bits per heavy atom. The summed E-state index contributed by atoms with van der Waals surface area (Å²) in [6, 6.07) is 7.98. The number of rotatable bonds is 1. The van der Waals surface area contributed by atoms with Crippen LogP contribution in [0.4, 0.5) is 5.69 Å². The van der Waals surface area contributed by atoms with E-state index in [4.69, 9.17) is 0 Å². The third kappa shape index (κ3) is 1.53. The number of aryl methyl sites for hydroxylation is 1. The molecule has 2 aromatic carbocycles. The molecule has 3 aromatic rings. The van der Waals surface area contributed by atoms with Crippen molar-refractivity contribution in [2.24, 2.45) is 7.05 Å². The van der Waals surface area contributed by atoms with Crippen molar-refractivity contribution in [1.29, 1.82) is 0 Å². The van der Waals surface area contributed by atoms with E-state index in [0.29, 0.717) is 16.3 Å². The van der Waals surface area contributed by atoms with Crippen LogP contribution in [0.3, 0.4) is 0 Å². The average molecular weight is 271 g/mol. The SMILES string of the molecule is Cn1c(=O)c(=O)[nH]c2cc([N+](=O)[O-])c3ccccc3c21. The van der Waals surface area contributed by atoms with Gasteiger partial charge in [-0.1, -0.05) is 18.2 Å². The Labute approximate surface area is 111 Å². The van der Waals surface area contributed by atoms with Crippen molar-refractivity contribution in [3.05, 3.63) is 61.2 Å². The first-order valence-corrected chi connectivity index (χ1v) is 5.80. The summed E-state index contributed by atoms with van der Waals surface area (Å²) in [5.74, 6) is 0. The lowest BCUT2D eigenvalue weighted by molar-refractivity contribution is -0.382.